The summed E-state index contributed by atoms with van der Waals surface area (Å²) in [4.78, 5) is 38.3. The van der Waals surface area contributed by atoms with Crippen LogP contribution in [-0.4, -0.2) is 29.4 Å². The number of anilines is 1. The number of para-hydroxylation sites is 1. The molecule has 1 aromatic carbocycles. The smallest absolute Gasteiger partial charge is 0.307 e. The van der Waals surface area contributed by atoms with E-state index in [-0.39, 0.29) is 43.0 Å². The molecule has 0 bridgehead atoms. The Morgan fingerprint density at radius 3 is 2.58 bits per heavy atom. The predicted molar refractivity (Wildman–Crippen MR) is 95.7 cm³/mol. The van der Waals surface area contributed by atoms with Crippen LogP contribution < -0.4 is 5.32 Å². The predicted octanol–water partition coefficient (Wildman–Crippen LogP) is 3.03. The molecule has 1 amide bonds. The lowest BCUT2D eigenvalue weighted by Crippen LogP contribution is -2.45. The van der Waals surface area contributed by atoms with Gasteiger partial charge in [0.15, 0.2) is 5.78 Å². The third kappa shape index (κ3) is 2.79. The first-order valence-electron chi connectivity index (χ1n) is 8.73. The highest BCUT2D eigenvalue weighted by Gasteiger charge is 2.56. The van der Waals surface area contributed by atoms with Crippen LogP contribution in [0.1, 0.15) is 45.6 Å². The van der Waals surface area contributed by atoms with Gasteiger partial charge in [-0.15, -0.1) is 0 Å². The van der Waals surface area contributed by atoms with Gasteiger partial charge < -0.3 is 15.2 Å². The highest BCUT2D eigenvalue weighted by molar-refractivity contribution is 6.17. The molecular weight excluding hydrogens is 334 g/mol. The zero-order valence-electron chi connectivity index (χ0n) is 15.2. The van der Waals surface area contributed by atoms with Gasteiger partial charge in [-0.25, -0.2) is 0 Å². The summed E-state index contributed by atoms with van der Waals surface area (Å²) >= 11 is 0. The van der Waals surface area contributed by atoms with Crippen LogP contribution in [0.5, 0.6) is 0 Å². The molecule has 1 aromatic rings. The van der Waals surface area contributed by atoms with Crippen LogP contribution in [0.15, 0.2) is 35.6 Å². The molecule has 138 valence electrons. The van der Waals surface area contributed by atoms with E-state index in [0.29, 0.717) is 11.3 Å². The maximum atomic E-state index is 13.0. The minimum atomic E-state index is -1.56. The lowest BCUT2D eigenvalue weighted by molar-refractivity contribution is -0.146. The summed E-state index contributed by atoms with van der Waals surface area (Å²) in [6, 6.07) is 6.93. The summed E-state index contributed by atoms with van der Waals surface area (Å²) in [5.41, 5.74) is -0.870. The van der Waals surface area contributed by atoms with Crippen molar-refractivity contribution in [2.45, 2.75) is 45.4 Å². The topological polar surface area (TPSA) is 92.7 Å². The molecule has 0 aromatic heterocycles. The molecule has 0 saturated carbocycles. The van der Waals surface area contributed by atoms with E-state index in [9.17, 15) is 19.5 Å². The Kier molecular flexibility index (Phi) is 4.38. The van der Waals surface area contributed by atoms with Gasteiger partial charge in [-0.3, -0.25) is 14.4 Å². The average molecular weight is 357 g/mol. The second-order valence-corrected chi connectivity index (χ2v) is 7.65. The number of fused-ring (bicyclic) bond motifs is 1. The summed E-state index contributed by atoms with van der Waals surface area (Å²) in [5, 5.41) is 13.5. The molecule has 1 unspecified atom stereocenters. The van der Waals surface area contributed by atoms with Crippen LogP contribution in [0.25, 0.3) is 0 Å². The van der Waals surface area contributed by atoms with Gasteiger partial charge in [0, 0.05) is 18.5 Å². The normalized spacial score (nSPS) is 24.3. The second kappa shape index (κ2) is 6.27. The van der Waals surface area contributed by atoms with E-state index >= 15 is 0 Å². The molecule has 2 aliphatic rings. The summed E-state index contributed by atoms with van der Waals surface area (Å²) in [6.45, 7) is 5.62. The number of carbonyl (C=O) groups is 3. The van der Waals surface area contributed by atoms with E-state index in [1.54, 1.807) is 31.2 Å². The van der Waals surface area contributed by atoms with Crippen LogP contribution in [0.2, 0.25) is 0 Å². The number of Topliss-reactive ketones (excluding diaryl/α,β-unsaturated/α-hetero) is 1. The molecule has 6 nitrogen and oxygen atoms in total. The standard InChI is InChI=1S/C20H23NO5/c1-4-26-16(24)11-20(12-7-5-6-8-13(12)21-18(20)25)17-14(22)9-19(2,3)10-15(17)23/h5-8,22H,4,9-11H2,1-3H3,(H,21,25). The maximum Gasteiger partial charge on any atom is 0.307 e. The highest BCUT2D eigenvalue weighted by atomic mass is 16.5. The van der Waals surface area contributed by atoms with E-state index in [1.807, 2.05) is 13.8 Å². The maximum absolute atomic E-state index is 13.0. The zero-order chi connectivity index (χ0) is 19.1. The van der Waals surface area contributed by atoms with Gasteiger partial charge in [-0.2, -0.15) is 0 Å². The average Bonchev–Trinajstić information content (AvgIpc) is 2.78. The number of hydrogen-bond donors (Lipinski definition) is 2. The molecule has 0 spiro atoms. The molecule has 1 aliphatic carbocycles. The largest absolute Gasteiger partial charge is 0.512 e. The number of carbonyl (C=O) groups excluding carboxylic acids is 3. The fraction of sp³-hybridized carbons (Fsp3) is 0.450. The number of esters is 1. The van der Waals surface area contributed by atoms with Crippen LogP contribution in [0.3, 0.4) is 0 Å². The molecule has 3 rings (SSSR count). The van der Waals surface area contributed by atoms with Crippen LogP contribution >= 0.6 is 0 Å². The molecule has 1 aliphatic heterocycles. The van der Waals surface area contributed by atoms with Crippen LogP contribution in [-0.2, 0) is 24.5 Å². The molecule has 0 radical (unpaired) electrons. The van der Waals surface area contributed by atoms with E-state index < -0.39 is 22.7 Å². The molecule has 0 saturated heterocycles. The van der Waals surface area contributed by atoms with Crippen molar-refractivity contribution >= 4 is 23.3 Å². The van der Waals surface area contributed by atoms with E-state index in [2.05, 4.69) is 5.32 Å². The summed E-state index contributed by atoms with van der Waals surface area (Å²) in [5.74, 6) is -1.50. The molecule has 6 heteroatoms. The molecule has 0 fully saturated rings. The van der Waals surface area contributed by atoms with Crippen molar-refractivity contribution in [3.63, 3.8) is 0 Å². The number of benzene rings is 1. The van der Waals surface area contributed by atoms with Crippen molar-refractivity contribution in [2.75, 3.05) is 11.9 Å². The van der Waals surface area contributed by atoms with Crippen molar-refractivity contribution < 1.29 is 24.2 Å². The minimum absolute atomic E-state index is 0.0207. The third-order valence-corrected chi connectivity index (χ3v) is 5.02. The number of rotatable bonds is 4. The van der Waals surface area contributed by atoms with Gasteiger partial charge in [-0.05, 0) is 24.0 Å². The van der Waals surface area contributed by atoms with Crippen molar-refractivity contribution in [2.24, 2.45) is 5.41 Å². The fourth-order valence-corrected chi connectivity index (χ4v) is 4.03. The minimum Gasteiger partial charge on any atom is -0.512 e. The Morgan fingerprint density at radius 1 is 1.23 bits per heavy atom. The van der Waals surface area contributed by atoms with Gasteiger partial charge in [0.25, 0.3) is 0 Å². The van der Waals surface area contributed by atoms with E-state index in [1.165, 1.54) is 0 Å². The van der Waals surface area contributed by atoms with Crippen LogP contribution in [0.4, 0.5) is 5.69 Å². The summed E-state index contributed by atoms with van der Waals surface area (Å²) < 4.78 is 5.06. The number of nitrogens with one attached hydrogen (secondary N) is 1. The Balaban J connectivity index is 2.22. The SMILES string of the molecule is CCOC(=O)CC1(C2=C(O)CC(C)(C)CC2=O)C(=O)Nc2ccccc21. The number of aliphatic hydroxyl groups excluding tert-OH is 1. The Bertz CT molecular complexity index is 823. The van der Waals surface area contributed by atoms with E-state index in [4.69, 9.17) is 4.74 Å². The molecular formula is C20H23NO5. The molecule has 26 heavy (non-hydrogen) atoms. The van der Waals surface area contributed by atoms with Gasteiger partial charge in [0.05, 0.1) is 18.6 Å². The first kappa shape index (κ1) is 18.2. The Labute approximate surface area is 152 Å². The van der Waals surface area contributed by atoms with Gasteiger partial charge >= 0.3 is 5.97 Å². The number of ether oxygens (including phenoxy) is 1. The Hall–Kier alpha value is -2.63. The van der Waals surface area contributed by atoms with Crippen molar-refractivity contribution in [3.8, 4) is 0 Å². The van der Waals surface area contributed by atoms with Crippen LogP contribution in [0, 0.1) is 5.41 Å². The van der Waals surface area contributed by atoms with Crippen molar-refractivity contribution in [1.29, 1.82) is 0 Å². The fourth-order valence-electron chi connectivity index (χ4n) is 4.03. The quantitative estimate of drug-likeness (QED) is 0.808. The van der Waals surface area contributed by atoms with E-state index in [0.717, 1.165) is 0 Å². The number of hydrogen-bond acceptors (Lipinski definition) is 5. The summed E-state index contributed by atoms with van der Waals surface area (Å²) in [6.07, 6.45) is 0.149. The Morgan fingerprint density at radius 2 is 1.92 bits per heavy atom. The monoisotopic (exact) mass is 357 g/mol. The lowest BCUT2D eigenvalue weighted by atomic mass is 9.64. The third-order valence-electron chi connectivity index (χ3n) is 5.02. The lowest BCUT2D eigenvalue weighted by Gasteiger charge is -2.36. The number of amides is 1. The van der Waals surface area contributed by atoms with Gasteiger partial charge in [-0.1, -0.05) is 32.0 Å². The molecule has 1 atom stereocenters. The first-order chi connectivity index (χ1) is 12.2. The highest BCUT2D eigenvalue weighted by Crippen LogP contribution is 2.50. The van der Waals surface area contributed by atoms with Gasteiger partial charge in [0.2, 0.25) is 5.91 Å². The number of aliphatic hydroxyl groups is 1. The van der Waals surface area contributed by atoms with Crippen molar-refractivity contribution in [1.82, 2.24) is 0 Å². The number of allylic oxidation sites excluding steroid dienone is 1. The number of ketones is 1. The molecule has 1 heterocycles. The zero-order valence-corrected chi connectivity index (χ0v) is 15.2. The first-order valence-corrected chi connectivity index (χ1v) is 8.73. The molecule has 2 N–H and O–H groups in total. The summed E-state index contributed by atoms with van der Waals surface area (Å²) in [7, 11) is 0. The van der Waals surface area contributed by atoms with Gasteiger partial charge in [0.1, 0.15) is 11.2 Å². The van der Waals surface area contributed by atoms with Crippen molar-refractivity contribution in [3.05, 3.63) is 41.2 Å². The second-order valence-electron chi connectivity index (χ2n) is 7.65.